The van der Waals surface area contributed by atoms with Crippen molar-refractivity contribution in [3.05, 3.63) is 209 Å². The average molecular weight is 718 g/mol. The van der Waals surface area contributed by atoms with Crippen molar-refractivity contribution in [2.75, 3.05) is 0 Å². The summed E-state index contributed by atoms with van der Waals surface area (Å²) in [5, 5.41) is 0.272. The lowest BCUT2D eigenvalue weighted by Gasteiger charge is -2.36. The lowest BCUT2D eigenvalue weighted by Crippen LogP contribution is -2.37. The highest BCUT2D eigenvalue weighted by Gasteiger charge is 2.51. The zero-order chi connectivity index (χ0) is 37.3. The van der Waals surface area contributed by atoms with Crippen LogP contribution in [0.5, 0.6) is 0 Å². The summed E-state index contributed by atoms with van der Waals surface area (Å²) in [7, 11) is -0.518. The Bertz CT molecular complexity index is 2180. The monoisotopic (exact) mass is 717 g/mol. The normalized spacial score (nSPS) is 18.6. The second-order valence-electron chi connectivity index (χ2n) is 16.0. The first-order valence-electron chi connectivity index (χ1n) is 20.2. The van der Waals surface area contributed by atoms with Crippen LogP contribution < -0.4 is 0 Å². The van der Waals surface area contributed by atoms with Crippen molar-refractivity contribution >= 4 is 14.4 Å². The van der Waals surface area contributed by atoms with Gasteiger partial charge in [0, 0.05) is 5.92 Å². The van der Waals surface area contributed by atoms with Crippen LogP contribution in [0.15, 0.2) is 175 Å². The lowest BCUT2D eigenvalue weighted by molar-refractivity contribution is 0.578. The van der Waals surface area contributed by atoms with Gasteiger partial charge in [-0.05, 0) is 90.6 Å². The quantitative estimate of drug-likeness (QED) is 0.124. The average Bonchev–Trinajstić information content (AvgIpc) is 3.36. The molecule has 1 heteroatoms. The van der Waals surface area contributed by atoms with Gasteiger partial charge in [-0.25, -0.2) is 0 Å². The van der Waals surface area contributed by atoms with Gasteiger partial charge in [-0.2, -0.15) is 0 Å². The number of rotatable bonds is 10. The van der Waals surface area contributed by atoms with Crippen LogP contribution in [-0.4, -0.2) is 8.80 Å². The first-order valence-corrected chi connectivity index (χ1v) is 22.4. The molecule has 54 heavy (non-hydrogen) atoms. The third kappa shape index (κ3) is 6.27. The van der Waals surface area contributed by atoms with Crippen molar-refractivity contribution in [3.63, 3.8) is 0 Å². The first-order chi connectivity index (χ1) is 26.4. The van der Waals surface area contributed by atoms with E-state index in [0.29, 0.717) is 11.8 Å². The first kappa shape index (κ1) is 36.0. The smallest absolute Gasteiger partial charge is 0.0673 e. The van der Waals surface area contributed by atoms with Crippen molar-refractivity contribution in [3.8, 4) is 22.3 Å². The second kappa shape index (κ2) is 15.0. The Hall–Kier alpha value is -4.98. The van der Waals surface area contributed by atoms with Gasteiger partial charge >= 0.3 is 0 Å². The summed E-state index contributed by atoms with van der Waals surface area (Å²) in [4.78, 5) is 0. The van der Waals surface area contributed by atoms with Crippen molar-refractivity contribution < 1.29 is 0 Å². The Labute approximate surface area is 326 Å². The molecule has 0 heterocycles. The van der Waals surface area contributed by atoms with Gasteiger partial charge in [0.2, 0.25) is 0 Å². The van der Waals surface area contributed by atoms with Crippen LogP contribution in [0, 0.1) is 5.92 Å². The van der Waals surface area contributed by atoms with Gasteiger partial charge in [0.25, 0.3) is 0 Å². The Kier molecular flexibility index (Phi) is 10.0. The Morgan fingerprint density at radius 1 is 0.611 bits per heavy atom. The van der Waals surface area contributed by atoms with E-state index in [2.05, 4.69) is 204 Å². The van der Waals surface area contributed by atoms with Gasteiger partial charge in [0.1, 0.15) is 0 Å². The largest absolute Gasteiger partial charge is 0.0738 e. The van der Waals surface area contributed by atoms with E-state index in [1.165, 1.54) is 85.7 Å². The Morgan fingerprint density at radius 2 is 1.11 bits per heavy atom. The standard InChI is InChI=1S/C53H53Si/c1-6-34-54(5)52(4,7-2)45-28-22-43(23-29-45)44-35-38(3)36-49-48-20-14-15-21-50(48)53(51(49)37-44,46-30-24-41(25-31-46)39-16-10-8-11-17-39)47-32-26-42(27-33-47)40-18-12-9-13-19-40/h8-33,35,37-38,49H,6-7,34,36H2,1-5H3. The van der Waals surface area contributed by atoms with Gasteiger partial charge in [-0.1, -0.05) is 217 Å². The highest BCUT2D eigenvalue weighted by molar-refractivity contribution is 6.60. The number of benzene rings is 6. The maximum Gasteiger partial charge on any atom is 0.0673 e. The number of allylic oxidation sites excluding steroid dienone is 4. The molecule has 3 unspecified atom stereocenters. The fourth-order valence-electron chi connectivity index (χ4n) is 9.66. The number of hydrogen-bond acceptors (Lipinski definition) is 0. The SMILES string of the molecule is CCC[Si](C)C(C)(CC)c1ccc(C2=CC(C)CC3C(=C2)C(c2ccc(-c4ccccc4)cc2)(c2ccc(-c4ccccc4)cc2)c2ccccc23)cc1. The summed E-state index contributed by atoms with van der Waals surface area (Å²) in [6, 6.07) is 61.0. The highest BCUT2D eigenvalue weighted by Crippen LogP contribution is 2.60. The van der Waals surface area contributed by atoms with E-state index in [1.807, 2.05) is 0 Å². The van der Waals surface area contributed by atoms with Gasteiger partial charge in [0.05, 0.1) is 14.2 Å². The van der Waals surface area contributed by atoms with Crippen molar-refractivity contribution in [2.24, 2.45) is 5.92 Å². The molecule has 6 aromatic rings. The second-order valence-corrected chi connectivity index (χ2v) is 19.2. The molecule has 0 bridgehead atoms. The van der Waals surface area contributed by atoms with Gasteiger partial charge in [-0.3, -0.25) is 0 Å². The number of fused-ring (bicyclic) bond motifs is 3. The molecule has 8 rings (SSSR count). The molecular formula is C53H53Si. The Balaban J connectivity index is 1.32. The molecule has 0 nitrogen and oxygen atoms in total. The van der Waals surface area contributed by atoms with Crippen LogP contribution >= 0.6 is 0 Å². The molecular weight excluding hydrogens is 665 g/mol. The lowest BCUT2D eigenvalue weighted by atomic mass is 9.66. The van der Waals surface area contributed by atoms with E-state index < -0.39 is 14.2 Å². The summed E-state index contributed by atoms with van der Waals surface area (Å²) in [5.74, 6) is 0.744. The molecule has 0 amide bonds. The van der Waals surface area contributed by atoms with Gasteiger partial charge in [0.15, 0.2) is 0 Å². The summed E-state index contributed by atoms with van der Waals surface area (Å²) in [6.45, 7) is 12.2. The van der Waals surface area contributed by atoms with Crippen molar-refractivity contribution in [2.45, 2.75) is 75.9 Å². The van der Waals surface area contributed by atoms with Crippen LogP contribution in [0.4, 0.5) is 0 Å². The van der Waals surface area contributed by atoms with Crippen LogP contribution in [0.2, 0.25) is 12.6 Å². The van der Waals surface area contributed by atoms with Crippen LogP contribution in [-0.2, 0) is 10.5 Å². The molecule has 269 valence electrons. The van der Waals surface area contributed by atoms with E-state index in [1.54, 1.807) is 0 Å². The molecule has 3 atom stereocenters. The highest BCUT2D eigenvalue weighted by atomic mass is 28.3. The molecule has 0 saturated heterocycles. The van der Waals surface area contributed by atoms with Crippen LogP contribution in [0.3, 0.4) is 0 Å². The fraction of sp³-hybridized carbons (Fsp3) is 0.245. The van der Waals surface area contributed by atoms with E-state index in [0.717, 1.165) is 6.42 Å². The van der Waals surface area contributed by atoms with E-state index in [9.17, 15) is 0 Å². The number of hydrogen-bond donors (Lipinski definition) is 0. The molecule has 0 spiro atoms. The summed E-state index contributed by atoms with van der Waals surface area (Å²) < 4.78 is 0. The van der Waals surface area contributed by atoms with E-state index >= 15 is 0 Å². The molecule has 6 aromatic carbocycles. The summed E-state index contributed by atoms with van der Waals surface area (Å²) >= 11 is 0. The van der Waals surface area contributed by atoms with E-state index in [4.69, 9.17) is 0 Å². The molecule has 0 saturated carbocycles. The molecule has 0 N–H and O–H groups in total. The molecule has 2 aliphatic carbocycles. The minimum absolute atomic E-state index is 0.272. The minimum atomic E-state index is -0.518. The maximum atomic E-state index is 2.60. The fourth-order valence-corrected chi connectivity index (χ4v) is 12.2. The zero-order valence-electron chi connectivity index (χ0n) is 32.6. The Morgan fingerprint density at radius 3 is 1.65 bits per heavy atom. The molecule has 0 fully saturated rings. The van der Waals surface area contributed by atoms with E-state index in [-0.39, 0.29) is 5.04 Å². The zero-order valence-corrected chi connectivity index (χ0v) is 33.6. The molecule has 1 radical (unpaired) electrons. The summed E-state index contributed by atoms with van der Waals surface area (Å²) in [5.41, 5.74) is 15.7. The molecule has 2 aliphatic rings. The van der Waals surface area contributed by atoms with Crippen molar-refractivity contribution in [1.29, 1.82) is 0 Å². The molecule has 0 aromatic heterocycles. The van der Waals surface area contributed by atoms with Crippen LogP contribution in [0.25, 0.3) is 27.8 Å². The third-order valence-electron chi connectivity index (χ3n) is 12.9. The predicted octanol–water partition coefficient (Wildman–Crippen LogP) is 14.2. The minimum Gasteiger partial charge on any atom is -0.0738 e. The molecule has 0 aliphatic heterocycles. The predicted molar refractivity (Wildman–Crippen MR) is 233 cm³/mol. The maximum absolute atomic E-state index is 2.60. The topological polar surface area (TPSA) is 0 Å². The van der Waals surface area contributed by atoms with Gasteiger partial charge < -0.3 is 0 Å². The van der Waals surface area contributed by atoms with Crippen molar-refractivity contribution in [1.82, 2.24) is 0 Å². The summed E-state index contributed by atoms with van der Waals surface area (Å²) in [6.07, 6.45) is 8.70. The van der Waals surface area contributed by atoms with Crippen LogP contribution in [0.1, 0.15) is 86.3 Å². The third-order valence-corrected chi connectivity index (χ3v) is 16.7. The van der Waals surface area contributed by atoms with Gasteiger partial charge in [-0.15, -0.1) is 0 Å².